The number of rotatable bonds is 8. The van der Waals surface area contributed by atoms with Crippen molar-refractivity contribution in [2.45, 2.75) is 90.5 Å². The van der Waals surface area contributed by atoms with Crippen LogP contribution in [0.15, 0.2) is 24.3 Å². The molecule has 1 aromatic heterocycles. The fraction of sp³-hybridized carbons (Fsp3) is 0.588. The van der Waals surface area contributed by atoms with Crippen LogP contribution in [0.2, 0.25) is 10.0 Å². The van der Waals surface area contributed by atoms with E-state index >= 15 is 0 Å². The standard InChI is InChI=1S/C34H42Cl2F6N6O2/c1-32(2,3)30(50)43-17-18-5-10-23(35)28(27(18)36)46-31-45-24-15-22(29(49)44-21-8-6-19(7-9-21)33(37,38)39)25(16-26(24)47(31)4)48-13-11-20(12-14-48)34(40,41)42/h5,10,15-16,19-21,29,44,49H,6-9,11-14,17H2,1-4H3,(H,43,50)(H,45,46). The van der Waals surface area contributed by atoms with Gasteiger partial charge in [-0.3, -0.25) is 10.1 Å². The molecular weight excluding hydrogens is 709 g/mol. The molecule has 3 aromatic rings. The van der Waals surface area contributed by atoms with E-state index in [-0.39, 0.29) is 75.1 Å². The summed E-state index contributed by atoms with van der Waals surface area (Å²) in [5.74, 6) is -2.65. The van der Waals surface area contributed by atoms with Gasteiger partial charge in [-0.25, -0.2) is 4.98 Å². The van der Waals surface area contributed by atoms with Gasteiger partial charge in [0.05, 0.1) is 38.6 Å². The predicted octanol–water partition coefficient (Wildman–Crippen LogP) is 8.77. The van der Waals surface area contributed by atoms with E-state index in [0.717, 1.165) is 0 Å². The molecular formula is C34H42Cl2F6N6O2. The van der Waals surface area contributed by atoms with Gasteiger partial charge in [-0.2, -0.15) is 26.3 Å². The van der Waals surface area contributed by atoms with Crippen molar-refractivity contribution in [3.8, 4) is 0 Å². The second-order valence-electron chi connectivity index (χ2n) is 14.3. The summed E-state index contributed by atoms with van der Waals surface area (Å²) in [5, 5.41) is 21.1. The second-order valence-corrected chi connectivity index (χ2v) is 15.1. The number of hydrogen-bond acceptors (Lipinski definition) is 6. The molecule has 1 aliphatic heterocycles. The molecule has 2 fully saturated rings. The third-order valence-electron chi connectivity index (χ3n) is 9.73. The zero-order valence-corrected chi connectivity index (χ0v) is 29.7. The van der Waals surface area contributed by atoms with Crippen LogP contribution in [0, 0.1) is 17.3 Å². The maximum absolute atomic E-state index is 13.5. The van der Waals surface area contributed by atoms with Gasteiger partial charge in [-0.15, -0.1) is 0 Å². The molecule has 1 aliphatic carbocycles. The Kier molecular flexibility index (Phi) is 11.2. The number of aliphatic hydroxyl groups excluding tert-OH is 1. The Hall–Kier alpha value is -2.94. The van der Waals surface area contributed by atoms with Crippen LogP contribution in [0.4, 0.5) is 43.7 Å². The molecule has 50 heavy (non-hydrogen) atoms. The van der Waals surface area contributed by atoms with Gasteiger partial charge in [-0.1, -0.05) is 50.0 Å². The van der Waals surface area contributed by atoms with Gasteiger partial charge in [-0.05, 0) is 62.3 Å². The zero-order chi connectivity index (χ0) is 36.8. The predicted molar refractivity (Wildman–Crippen MR) is 183 cm³/mol. The van der Waals surface area contributed by atoms with Gasteiger partial charge in [0.1, 0.15) is 6.23 Å². The van der Waals surface area contributed by atoms with E-state index in [4.69, 9.17) is 28.2 Å². The van der Waals surface area contributed by atoms with Crippen molar-refractivity contribution in [2.75, 3.05) is 23.3 Å². The van der Waals surface area contributed by atoms with E-state index in [1.54, 1.807) is 61.6 Å². The molecule has 2 aliphatic rings. The Balaban J connectivity index is 1.45. The summed E-state index contributed by atoms with van der Waals surface area (Å²) in [6.45, 7) is 5.73. The number of piperidine rings is 1. The Bertz CT molecular complexity index is 1690. The first kappa shape index (κ1) is 38.3. The number of imidazole rings is 1. The van der Waals surface area contributed by atoms with Crippen LogP contribution in [0.1, 0.15) is 76.7 Å². The van der Waals surface area contributed by atoms with Crippen molar-refractivity contribution < 1.29 is 36.2 Å². The minimum absolute atomic E-state index is 0.0602. The average Bonchev–Trinajstić information content (AvgIpc) is 3.34. The van der Waals surface area contributed by atoms with Crippen molar-refractivity contribution in [3.05, 3.63) is 45.4 Å². The molecule has 1 amide bonds. The first-order chi connectivity index (χ1) is 23.2. The van der Waals surface area contributed by atoms with Crippen LogP contribution in [0.3, 0.4) is 0 Å². The number of amides is 1. The number of aromatic nitrogens is 2. The summed E-state index contributed by atoms with van der Waals surface area (Å²) in [4.78, 5) is 19.0. The van der Waals surface area contributed by atoms with Crippen LogP contribution in [0.25, 0.3) is 11.0 Å². The Morgan fingerprint density at radius 3 is 2.14 bits per heavy atom. The summed E-state index contributed by atoms with van der Waals surface area (Å²) in [7, 11) is 1.74. The topological polar surface area (TPSA) is 94.5 Å². The SMILES string of the molecule is Cn1c(Nc2c(Cl)ccc(CNC(=O)C(C)(C)C)c2Cl)nc2cc(C(O)NC3CCC(C(F)(F)F)CC3)c(N3CCC(C(F)(F)F)CC3)cc21. The maximum atomic E-state index is 13.5. The number of fused-ring (bicyclic) bond motifs is 1. The molecule has 1 saturated heterocycles. The van der Waals surface area contributed by atoms with Gasteiger partial charge in [0.25, 0.3) is 0 Å². The minimum atomic E-state index is -4.31. The first-order valence-electron chi connectivity index (χ1n) is 16.6. The van der Waals surface area contributed by atoms with Gasteiger partial charge in [0.15, 0.2) is 0 Å². The molecule has 1 saturated carbocycles. The fourth-order valence-electron chi connectivity index (χ4n) is 6.60. The van der Waals surface area contributed by atoms with Crippen LogP contribution >= 0.6 is 23.2 Å². The van der Waals surface area contributed by atoms with Crippen LogP contribution in [0.5, 0.6) is 0 Å². The summed E-state index contributed by atoms with van der Waals surface area (Å²) >= 11 is 13.3. The lowest BCUT2D eigenvalue weighted by atomic mass is 9.85. The van der Waals surface area contributed by atoms with Crippen molar-refractivity contribution >= 4 is 57.5 Å². The van der Waals surface area contributed by atoms with Crippen LogP contribution in [-0.4, -0.2) is 52.0 Å². The van der Waals surface area contributed by atoms with Gasteiger partial charge in [0, 0.05) is 49.4 Å². The molecule has 1 atom stereocenters. The first-order valence-corrected chi connectivity index (χ1v) is 17.3. The average molecular weight is 752 g/mol. The molecule has 4 N–H and O–H groups in total. The quantitative estimate of drug-likeness (QED) is 0.136. The molecule has 0 bridgehead atoms. The highest BCUT2D eigenvalue weighted by Gasteiger charge is 2.43. The smallest absolute Gasteiger partial charge is 0.374 e. The molecule has 8 nitrogen and oxygen atoms in total. The normalized spacial score (nSPS) is 20.3. The molecule has 1 unspecified atom stereocenters. The highest BCUT2D eigenvalue weighted by Crippen LogP contribution is 2.41. The summed E-state index contributed by atoms with van der Waals surface area (Å²) < 4.78 is 82.0. The highest BCUT2D eigenvalue weighted by molar-refractivity contribution is 6.39. The third-order valence-corrected chi connectivity index (χ3v) is 10.5. The summed E-state index contributed by atoms with van der Waals surface area (Å²) in [6.07, 6.45) is -9.82. The van der Waals surface area contributed by atoms with E-state index < -0.39 is 35.8 Å². The molecule has 276 valence electrons. The fourth-order valence-corrected chi connectivity index (χ4v) is 7.13. The van der Waals surface area contributed by atoms with E-state index in [1.807, 2.05) is 0 Å². The van der Waals surface area contributed by atoms with Crippen molar-refractivity contribution in [2.24, 2.45) is 24.3 Å². The van der Waals surface area contributed by atoms with Gasteiger partial charge < -0.3 is 25.2 Å². The minimum Gasteiger partial charge on any atom is -0.374 e. The summed E-state index contributed by atoms with van der Waals surface area (Å²) in [5.41, 5.74) is 2.27. The molecule has 2 aromatic carbocycles. The van der Waals surface area contributed by atoms with E-state index in [0.29, 0.717) is 44.5 Å². The molecule has 5 rings (SSSR count). The number of anilines is 3. The number of carbonyl (C=O) groups excluding carboxylic acids is 1. The van der Waals surface area contributed by atoms with Crippen LogP contribution in [-0.2, 0) is 18.4 Å². The van der Waals surface area contributed by atoms with E-state index in [1.165, 1.54) is 0 Å². The number of benzene rings is 2. The number of halogens is 8. The third kappa shape index (κ3) is 8.56. The maximum Gasteiger partial charge on any atom is 0.391 e. The zero-order valence-electron chi connectivity index (χ0n) is 28.2. The number of carbonyl (C=O) groups is 1. The molecule has 2 heterocycles. The summed E-state index contributed by atoms with van der Waals surface area (Å²) in [6, 6.07) is 6.37. The van der Waals surface area contributed by atoms with Crippen molar-refractivity contribution in [1.82, 2.24) is 20.2 Å². The van der Waals surface area contributed by atoms with Crippen molar-refractivity contribution in [3.63, 3.8) is 0 Å². The second kappa shape index (κ2) is 14.6. The number of nitrogens with zero attached hydrogens (tertiary/aromatic N) is 3. The lowest BCUT2D eigenvalue weighted by molar-refractivity contribution is -0.183. The highest BCUT2D eigenvalue weighted by atomic mass is 35.5. The number of nitrogens with one attached hydrogen (secondary N) is 3. The van der Waals surface area contributed by atoms with Gasteiger partial charge in [0.2, 0.25) is 11.9 Å². The number of aliphatic hydroxyl groups is 1. The lowest BCUT2D eigenvalue weighted by Crippen LogP contribution is -2.41. The Labute approximate surface area is 296 Å². The lowest BCUT2D eigenvalue weighted by Gasteiger charge is -2.37. The largest absolute Gasteiger partial charge is 0.391 e. The number of alkyl halides is 6. The molecule has 0 radical (unpaired) electrons. The Morgan fingerprint density at radius 1 is 0.960 bits per heavy atom. The number of hydrogen-bond donors (Lipinski definition) is 4. The monoisotopic (exact) mass is 750 g/mol. The molecule has 16 heteroatoms. The van der Waals surface area contributed by atoms with Crippen molar-refractivity contribution in [1.29, 1.82) is 0 Å². The van der Waals surface area contributed by atoms with Gasteiger partial charge >= 0.3 is 12.4 Å². The van der Waals surface area contributed by atoms with E-state index in [9.17, 15) is 36.2 Å². The molecule has 0 spiro atoms. The van der Waals surface area contributed by atoms with Crippen LogP contribution < -0.4 is 20.9 Å². The number of aryl methyl sites for hydroxylation is 1. The Morgan fingerprint density at radius 2 is 1.56 bits per heavy atom. The van der Waals surface area contributed by atoms with E-state index in [2.05, 4.69) is 16.0 Å².